The average molecular weight is 442 g/mol. The molecule has 0 atom stereocenters. The minimum Gasteiger partial charge on any atom is -0.452 e. The van der Waals surface area contributed by atoms with Gasteiger partial charge in [-0.3, -0.25) is 18.7 Å². The zero-order chi connectivity index (χ0) is 21.5. The first-order chi connectivity index (χ1) is 13.2. The number of carbonyl (C=O) groups is 2. The summed E-state index contributed by atoms with van der Waals surface area (Å²) in [7, 11) is -7.05. The van der Waals surface area contributed by atoms with E-state index >= 15 is 0 Å². The number of rotatable bonds is 14. The van der Waals surface area contributed by atoms with Crippen molar-refractivity contribution in [3.8, 4) is 11.8 Å². The van der Waals surface area contributed by atoms with Crippen LogP contribution in [0.5, 0.6) is 0 Å². The molecule has 0 saturated carbocycles. The second-order valence-corrected chi connectivity index (χ2v) is 8.99. The molecule has 0 aliphatic rings. The lowest BCUT2D eigenvalue weighted by Gasteiger charge is -2.15. The summed E-state index contributed by atoms with van der Waals surface area (Å²) in [5.41, 5.74) is 0. The van der Waals surface area contributed by atoms with E-state index in [0.29, 0.717) is 0 Å². The highest BCUT2D eigenvalue weighted by Gasteiger charge is 2.29. The molecular formula is C16H28O10P2. The summed E-state index contributed by atoms with van der Waals surface area (Å²) in [5.74, 6) is 3.35. The minimum atomic E-state index is -3.52. The summed E-state index contributed by atoms with van der Waals surface area (Å²) >= 11 is 0. The first kappa shape index (κ1) is 26.8. The topological polar surface area (TPSA) is 124 Å². The Morgan fingerprint density at radius 2 is 0.929 bits per heavy atom. The Hall–Kier alpha value is -1.20. The van der Waals surface area contributed by atoms with E-state index in [4.69, 9.17) is 27.6 Å². The van der Waals surface area contributed by atoms with Gasteiger partial charge >= 0.3 is 27.1 Å². The van der Waals surface area contributed by atoms with Crippen LogP contribution in [-0.4, -0.2) is 63.9 Å². The van der Waals surface area contributed by atoms with E-state index in [1.807, 2.05) is 0 Å². The zero-order valence-electron chi connectivity index (χ0n) is 16.6. The van der Waals surface area contributed by atoms with E-state index in [2.05, 4.69) is 11.8 Å². The van der Waals surface area contributed by atoms with Crippen LogP contribution < -0.4 is 0 Å². The lowest BCUT2D eigenvalue weighted by atomic mass is 10.6. The van der Waals surface area contributed by atoms with Gasteiger partial charge < -0.3 is 27.6 Å². The van der Waals surface area contributed by atoms with E-state index in [0.717, 1.165) is 0 Å². The van der Waals surface area contributed by atoms with Gasteiger partial charge in [0.25, 0.3) is 0 Å². The molecule has 12 heteroatoms. The second kappa shape index (κ2) is 14.7. The van der Waals surface area contributed by atoms with Crippen molar-refractivity contribution in [1.82, 2.24) is 0 Å². The van der Waals surface area contributed by atoms with Crippen LogP contribution in [0.2, 0.25) is 0 Å². The normalized spacial score (nSPS) is 11.4. The van der Waals surface area contributed by atoms with Gasteiger partial charge in [0.05, 0.1) is 26.4 Å². The van der Waals surface area contributed by atoms with E-state index in [1.165, 1.54) is 0 Å². The van der Waals surface area contributed by atoms with Crippen LogP contribution >= 0.6 is 15.2 Å². The van der Waals surface area contributed by atoms with Gasteiger partial charge in [-0.05, 0) is 27.7 Å². The molecule has 0 aromatic carbocycles. The highest BCUT2D eigenvalue weighted by molar-refractivity contribution is 7.55. The van der Waals surface area contributed by atoms with Crippen molar-refractivity contribution in [1.29, 1.82) is 0 Å². The molecule has 10 nitrogen and oxygen atoms in total. The molecule has 0 rings (SSSR count). The Kier molecular flexibility index (Phi) is 14.1. The maximum atomic E-state index is 12.2. The van der Waals surface area contributed by atoms with Crippen molar-refractivity contribution in [3.05, 3.63) is 0 Å². The molecule has 0 aromatic rings. The Labute approximate surface area is 165 Å². The fraction of sp³-hybridized carbons (Fsp3) is 0.750. The highest BCUT2D eigenvalue weighted by Crippen LogP contribution is 2.48. The molecule has 0 aliphatic carbocycles. The van der Waals surface area contributed by atoms with Crippen molar-refractivity contribution in [3.63, 3.8) is 0 Å². The highest BCUT2D eigenvalue weighted by atomic mass is 31.2. The van der Waals surface area contributed by atoms with Crippen LogP contribution in [0.15, 0.2) is 0 Å². The molecule has 28 heavy (non-hydrogen) atoms. The van der Waals surface area contributed by atoms with Crippen LogP contribution in [-0.2, 0) is 46.3 Å². The number of esters is 2. The van der Waals surface area contributed by atoms with Crippen LogP contribution in [0.3, 0.4) is 0 Å². The Bertz CT molecular complexity index is 565. The SMILES string of the molecule is CCOP(=O)(CC(=O)OCC#CCOC(=O)CP(=O)(OCC)OCC)OCC. The molecule has 0 N–H and O–H groups in total. The molecule has 0 radical (unpaired) electrons. The first-order valence-corrected chi connectivity index (χ1v) is 12.2. The fourth-order valence-electron chi connectivity index (χ4n) is 1.79. The third kappa shape index (κ3) is 12.3. The molecule has 0 saturated heterocycles. The van der Waals surface area contributed by atoms with Gasteiger partial charge in [0.2, 0.25) is 0 Å². The van der Waals surface area contributed by atoms with E-state index in [-0.39, 0.29) is 39.6 Å². The van der Waals surface area contributed by atoms with Gasteiger partial charge in [-0.15, -0.1) is 0 Å². The van der Waals surface area contributed by atoms with E-state index in [1.54, 1.807) is 27.7 Å². The van der Waals surface area contributed by atoms with E-state index in [9.17, 15) is 18.7 Å². The molecule has 0 bridgehead atoms. The van der Waals surface area contributed by atoms with E-state index < -0.39 is 39.5 Å². The number of carbonyl (C=O) groups excluding carboxylic acids is 2. The standard InChI is InChI=1S/C16H28O10P2/c1-5-23-27(19,24-6-2)13-15(17)21-11-9-10-12-22-16(18)14-28(20,25-7-3)26-8-4/h5-8,11-14H2,1-4H3. The minimum absolute atomic E-state index is 0.134. The van der Waals surface area contributed by atoms with Gasteiger partial charge in [0, 0.05) is 0 Å². The van der Waals surface area contributed by atoms with Gasteiger partial charge in [-0.1, -0.05) is 11.8 Å². The summed E-state index contributed by atoms with van der Waals surface area (Å²) in [4.78, 5) is 23.3. The van der Waals surface area contributed by atoms with Crippen molar-refractivity contribution in [2.45, 2.75) is 27.7 Å². The zero-order valence-corrected chi connectivity index (χ0v) is 18.4. The van der Waals surface area contributed by atoms with Crippen molar-refractivity contribution in [2.24, 2.45) is 0 Å². The van der Waals surface area contributed by atoms with Gasteiger partial charge in [0.15, 0.2) is 13.2 Å². The number of ether oxygens (including phenoxy) is 2. The Balaban J connectivity index is 4.27. The molecule has 0 amide bonds. The summed E-state index contributed by atoms with van der Waals surface area (Å²) in [5, 5.41) is 0. The molecule has 0 aliphatic heterocycles. The number of hydrogen-bond donors (Lipinski definition) is 0. The third-order valence-electron chi connectivity index (χ3n) is 2.68. The van der Waals surface area contributed by atoms with Crippen LogP contribution in [0.1, 0.15) is 27.7 Å². The van der Waals surface area contributed by atoms with Crippen molar-refractivity contribution in [2.75, 3.05) is 52.0 Å². The van der Waals surface area contributed by atoms with Crippen LogP contribution in [0, 0.1) is 11.8 Å². The Morgan fingerprint density at radius 1 is 0.643 bits per heavy atom. The summed E-state index contributed by atoms with van der Waals surface area (Å²) in [6, 6.07) is 0. The molecular weight excluding hydrogens is 414 g/mol. The van der Waals surface area contributed by atoms with Crippen LogP contribution in [0.25, 0.3) is 0 Å². The lowest BCUT2D eigenvalue weighted by Crippen LogP contribution is -2.14. The Morgan fingerprint density at radius 3 is 1.18 bits per heavy atom. The summed E-state index contributed by atoms with van der Waals surface area (Å²) in [6.07, 6.45) is -1.04. The smallest absolute Gasteiger partial charge is 0.341 e. The second-order valence-electron chi connectivity index (χ2n) is 4.88. The van der Waals surface area contributed by atoms with Crippen LogP contribution in [0.4, 0.5) is 0 Å². The predicted molar refractivity (Wildman–Crippen MR) is 101 cm³/mol. The maximum absolute atomic E-state index is 12.2. The average Bonchev–Trinajstić information content (AvgIpc) is 2.58. The lowest BCUT2D eigenvalue weighted by molar-refractivity contribution is -0.140. The van der Waals surface area contributed by atoms with Crippen molar-refractivity contribution >= 4 is 27.1 Å². The first-order valence-electron chi connectivity index (χ1n) is 8.77. The number of hydrogen-bond acceptors (Lipinski definition) is 10. The molecule has 0 heterocycles. The van der Waals surface area contributed by atoms with Gasteiger partial charge in [-0.25, -0.2) is 0 Å². The van der Waals surface area contributed by atoms with Gasteiger partial charge in [-0.2, -0.15) is 0 Å². The van der Waals surface area contributed by atoms with Crippen molar-refractivity contribution < 1.29 is 46.3 Å². The molecule has 162 valence electrons. The molecule has 0 aromatic heterocycles. The molecule has 0 spiro atoms. The predicted octanol–water partition coefficient (Wildman–Crippen LogP) is 2.61. The molecule has 0 fully saturated rings. The largest absolute Gasteiger partial charge is 0.452 e. The summed E-state index contributed by atoms with van der Waals surface area (Å²) in [6.45, 7) is 6.48. The van der Waals surface area contributed by atoms with Gasteiger partial charge in [0.1, 0.15) is 12.3 Å². The maximum Gasteiger partial charge on any atom is 0.341 e. The molecule has 0 unspecified atom stereocenters. The monoisotopic (exact) mass is 442 g/mol. The fourth-order valence-corrected chi connectivity index (χ4v) is 4.69. The summed E-state index contributed by atoms with van der Waals surface area (Å²) < 4.78 is 53.9. The quantitative estimate of drug-likeness (QED) is 0.225. The third-order valence-corrected chi connectivity index (χ3v) is 6.58.